The maximum atomic E-state index is 16.1. The summed E-state index contributed by atoms with van der Waals surface area (Å²) in [6.45, 7) is 23.9. The number of halogens is 2. The maximum Gasteiger partial charge on any atom is 0.328 e. The fourth-order valence-electron chi connectivity index (χ4n) is 18.0. The number of piperidine rings is 2. The number of hydrogen-bond acceptors (Lipinski definition) is 27. The molecule has 1 unspecified atom stereocenters. The Morgan fingerprint density at radius 2 is 1.07 bits per heavy atom. The van der Waals surface area contributed by atoms with Gasteiger partial charge in [0.05, 0.1) is 188 Å². The van der Waals surface area contributed by atoms with E-state index in [4.69, 9.17) is 71.4 Å². The Hall–Kier alpha value is -10.7. The van der Waals surface area contributed by atoms with Gasteiger partial charge in [0.15, 0.2) is 0 Å². The zero-order chi connectivity index (χ0) is 108. The summed E-state index contributed by atoms with van der Waals surface area (Å²) in [5.41, 5.74) is 3.18. The molecule has 3 fully saturated rings. The zero-order valence-electron chi connectivity index (χ0n) is 89.2. The Balaban J connectivity index is 0.519. The highest BCUT2D eigenvalue weighted by Gasteiger charge is 2.41. The van der Waals surface area contributed by atoms with E-state index in [2.05, 4.69) is 72.3 Å². The van der Waals surface area contributed by atoms with Crippen LogP contribution in [-0.4, -0.2) is 330 Å². The summed E-state index contributed by atoms with van der Waals surface area (Å²) >= 11 is 0. The van der Waals surface area contributed by atoms with Gasteiger partial charge < -0.3 is 112 Å². The van der Waals surface area contributed by atoms with E-state index in [0.717, 1.165) is 126 Å². The summed E-state index contributed by atoms with van der Waals surface area (Å²) < 4.78 is 110. The van der Waals surface area contributed by atoms with Gasteiger partial charge in [-0.25, -0.2) is 28.3 Å². The van der Waals surface area contributed by atoms with Crippen molar-refractivity contribution in [2.24, 2.45) is 10.8 Å². The standard InChI is InChI=1S/C111H163F2N11O26/c1-8-9-10-11-12-13-17-20-23-44-123(100(128)24-21-18-15-14-16-19-22-25-101(129)130)94(106(133)134)33-35-97(125)114-43-52-139-54-56-141-58-60-143-62-64-145-66-68-147-70-72-149-74-73-148-71-69-146-67-65-144-63-61-142-59-57-140-55-53-138-51-38-98(126)115-80-109(3,4)107(135)150-110(5,6)86-31-32-88(91(113)76-86)104(131)119-92-78-87(112)77-89(82(92)2)102-90-79-93(118-103(90)117-81-116-102)84-28-26-83(27-29-84)36-45-121-47-39-111(40-48-121)41-49-122(50-42-111)105(132)85-30-34-96(137-7)95(75-85)124-46-37-99(127)120-108(124)136/h26-32,34,75-79,81,94H,8-25,33,35-74,80H2,1-7H3,(H,114,125)(H,115,126)(H,119,131)(H,129,130)(H,133,134)(H,116,117,118)(H,120,127,136). The first-order chi connectivity index (χ1) is 72.6. The number of methoxy groups -OCH3 is 1. The maximum absolute atomic E-state index is 16.1. The van der Waals surface area contributed by atoms with Crippen molar-refractivity contribution >= 4 is 81.8 Å². The molecule has 39 heteroatoms. The number of aliphatic carboxylic acids is 2. The lowest BCUT2D eigenvalue weighted by molar-refractivity contribution is -0.168. The molecule has 0 aliphatic carbocycles. The van der Waals surface area contributed by atoms with Crippen LogP contribution in [0.2, 0.25) is 0 Å². The number of likely N-dealkylation sites (tertiary alicyclic amines) is 2. The van der Waals surface area contributed by atoms with Crippen LogP contribution in [0.3, 0.4) is 0 Å². The van der Waals surface area contributed by atoms with Crippen LogP contribution in [0.25, 0.3) is 33.5 Å². The average Bonchev–Trinajstić information content (AvgIpc) is 1.65. The number of carboxylic acid groups (broad SMARTS) is 2. The first-order valence-corrected chi connectivity index (χ1v) is 53.7. The minimum absolute atomic E-state index is 0.0162. The van der Waals surface area contributed by atoms with Crippen LogP contribution in [0.15, 0.2) is 85.2 Å². The third kappa shape index (κ3) is 44.2. The molecule has 0 bridgehead atoms. The zero-order valence-corrected chi connectivity index (χ0v) is 89.2. The summed E-state index contributed by atoms with van der Waals surface area (Å²) in [5, 5.41) is 30.3. The van der Waals surface area contributed by atoms with Crippen molar-refractivity contribution < 1.29 is 133 Å². The summed E-state index contributed by atoms with van der Waals surface area (Å²) in [6, 6.07) is 20.1. The Morgan fingerprint density at radius 3 is 1.61 bits per heavy atom. The van der Waals surface area contributed by atoms with Gasteiger partial charge in [-0.05, 0) is 182 Å². The largest absolute Gasteiger partial charge is 0.495 e. The molecule has 1 atom stereocenters. The first kappa shape index (κ1) is 123. The first-order valence-electron chi connectivity index (χ1n) is 53.7. The Labute approximate surface area is 881 Å². The third-order valence-electron chi connectivity index (χ3n) is 27.2. The molecule has 8 amide bonds. The number of carbonyl (C=O) groups is 10. The number of fused-ring (bicyclic) bond motifs is 1. The lowest BCUT2D eigenvalue weighted by Gasteiger charge is -2.47. The number of imide groups is 1. The number of hydrogen-bond donors (Lipinski definition) is 7. The van der Waals surface area contributed by atoms with Crippen LogP contribution in [0.5, 0.6) is 5.75 Å². The van der Waals surface area contributed by atoms with Gasteiger partial charge in [0.2, 0.25) is 23.6 Å². The van der Waals surface area contributed by atoms with Gasteiger partial charge in [0, 0.05) is 106 Å². The number of ether oxygens (including phenoxy) is 14. The summed E-state index contributed by atoms with van der Waals surface area (Å²) in [4.78, 5) is 148. The molecule has 0 saturated carbocycles. The van der Waals surface area contributed by atoms with E-state index in [1.54, 1.807) is 52.8 Å². The van der Waals surface area contributed by atoms with Crippen molar-refractivity contribution in [3.63, 3.8) is 0 Å². The number of urea groups is 1. The van der Waals surface area contributed by atoms with Crippen molar-refractivity contribution in [1.29, 1.82) is 0 Å². The van der Waals surface area contributed by atoms with Gasteiger partial charge in [-0.3, -0.25) is 48.6 Å². The van der Waals surface area contributed by atoms with Crippen LogP contribution in [0, 0.1) is 29.4 Å². The monoisotopic (exact) mass is 2100 g/mol. The third-order valence-corrected chi connectivity index (χ3v) is 27.2. The molecular formula is C111H163F2N11O26. The second-order valence-electron chi connectivity index (χ2n) is 39.4. The lowest BCUT2D eigenvalue weighted by Crippen LogP contribution is -2.50. The van der Waals surface area contributed by atoms with Crippen LogP contribution >= 0.6 is 0 Å². The van der Waals surface area contributed by atoms with Crippen molar-refractivity contribution in [3.05, 3.63) is 125 Å². The minimum Gasteiger partial charge on any atom is -0.495 e. The minimum atomic E-state index is -1.38. The highest BCUT2D eigenvalue weighted by Crippen LogP contribution is 2.43. The van der Waals surface area contributed by atoms with Gasteiger partial charge >= 0.3 is 23.9 Å². The molecule has 3 aliphatic heterocycles. The van der Waals surface area contributed by atoms with Crippen LogP contribution < -0.4 is 30.9 Å². The number of nitrogens with zero attached hydrogens (tertiary/aromatic N) is 6. The van der Waals surface area contributed by atoms with Crippen molar-refractivity contribution in [1.82, 2.24) is 45.6 Å². The molecule has 7 N–H and O–H groups in total. The Bertz CT molecular complexity index is 5090. The summed E-state index contributed by atoms with van der Waals surface area (Å²) in [6.07, 6.45) is 22.5. The van der Waals surface area contributed by atoms with E-state index in [-0.39, 0.29) is 136 Å². The highest BCUT2D eigenvalue weighted by atomic mass is 19.1. The predicted octanol–water partition coefficient (Wildman–Crippen LogP) is 15.0. The fraction of sp³-hybridized carbons (Fsp3) is 0.640. The molecule has 3 saturated heterocycles. The molecule has 2 aromatic heterocycles. The average molecular weight is 2110 g/mol. The lowest BCUT2D eigenvalue weighted by atomic mass is 9.71. The summed E-state index contributed by atoms with van der Waals surface area (Å²) in [5.74, 6) is -5.81. The number of aromatic nitrogens is 3. The number of anilines is 2. The molecule has 6 aromatic rings. The van der Waals surface area contributed by atoms with Crippen LogP contribution in [0.1, 0.15) is 239 Å². The number of carbonyl (C=O) groups excluding carboxylic acids is 8. The van der Waals surface area contributed by atoms with Crippen LogP contribution in [0.4, 0.5) is 25.0 Å². The van der Waals surface area contributed by atoms with Crippen molar-refractivity contribution in [3.8, 4) is 28.3 Å². The van der Waals surface area contributed by atoms with Crippen molar-refractivity contribution in [2.45, 2.75) is 227 Å². The molecule has 37 nitrogen and oxygen atoms in total. The number of aromatic amines is 1. The molecule has 1 spiro atoms. The SMILES string of the molecule is CCCCCCCCCCCN(C(=O)CCCCCCCCCC(=O)O)C(CCC(=O)NCCOCCOCCOCCOCCOCCOCCOCCOCCOCCOCCOCCOCCC(=O)NCC(C)(C)C(=O)OC(C)(C)c1ccc(C(=O)Nc2cc(F)cc(-c3ncnc4[nH]c(-c5ccc(CCN6CCC7(CC6)CCN(C(=O)c6ccc(OC)c(N8CCC(=O)NC8=O)c6)CC7)cc5)cc34)c2C)c(F)c1)C(=O)O. The second-order valence-corrected chi connectivity index (χ2v) is 39.4. The van der Waals surface area contributed by atoms with E-state index in [1.165, 1.54) is 79.1 Å². The molecule has 5 heterocycles. The molecule has 832 valence electrons. The van der Waals surface area contributed by atoms with Gasteiger partial charge in [-0.2, -0.15) is 0 Å². The fourth-order valence-corrected chi connectivity index (χ4v) is 18.0. The number of carboxylic acids is 2. The molecule has 9 rings (SSSR count). The molecule has 4 aromatic carbocycles. The normalized spacial score (nSPS) is 14.1. The smallest absolute Gasteiger partial charge is 0.328 e. The Kier molecular flexibility index (Phi) is 56.0. The molecule has 0 radical (unpaired) electrons. The van der Waals surface area contributed by atoms with Crippen molar-refractivity contribution in [2.75, 3.05) is 235 Å². The van der Waals surface area contributed by atoms with Crippen LogP contribution in [-0.2, 0) is 107 Å². The van der Waals surface area contributed by atoms with Gasteiger partial charge in [0.1, 0.15) is 41.0 Å². The van der Waals surface area contributed by atoms with E-state index >= 15 is 8.78 Å². The number of nitrogens with one attached hydrogen (secondary N) is 5. The number of unbranched alkanes of at least 4 members (excludes halogenated alkanes) is 14. The predicted molar refractivity (Wildman–Crippen MR) is 561 cm³/mol. The number of esters is 1. The number of amides is 8. The van der Waals surface area contributed by atoms with E-state index in [0.29, 0.717) is 216 Å². The van der Waals surface area contributed by atoms with Gasteiger partial charge in [-0.1, -0.05) is 121 Å². The molecule has 3 aliphatic rings. The molecular weight excluding hydrogens is 1940 g/mol. The topological polar surface area (TPSA) is 443 Å². The quantitative estimate of drug-likeness (QED) is 0.0138. The number of benzene rings is 4. The number of rotatable bonds is 79. The highest BCUT2D eigenvalue weighted by molar-refractivity contribution is 6.08. The Morgan fingerprint density at radius 1 is 0.553 bits per heavy atom. The van der Waals surface area contributed by atoms with E-state index in [9.17, 15) is 53.1 Å². The van der Waals surface area contributed by atoms with E-state index < -0.39 is 58.5 Å². The van der Waals surface area contributed by atoms with E-state index in [1.807, 2.05) is 11.0 Å². The van der Waals surface area contributed by atoms with Gasteiger partial charge in [0.25, 0.3) is 11.8 Å². The van der Waals surface area contributed by atoms with Gasteiger partial charge in [-0.15, -0.1) is 0 Å². The summed E-state index contributed by atoms with van der Waals surface area (Å²) in [7, 11) is 1.51. The second kappa shape index (κ2) is 68.4. The number of H-pyrrole nitrogens is 1. The molecule has 150 heavy (non-hydrogen) atoms.